The van der Waals surface area contributed by atoms with Gasteiger partial charge in [0.25, 0.3) is 0 Å². The number of rotatable bonds is 2. The van der Waals surface area contributed by atoms with Gasteiger partial charge in [-0.05, 0) is 73.2 Å². The van der Waals surface area contributed by atoms with Gasteiger partial charge in [-0.2, -0.15) is 0 Å². The average molecular weight is 433 g/mol. The van der Waals surface area contributed by atoms with Crippen molar-refractivity contribution in [3.05, 3.63) is 138 Å². The number of benzene rings is 5. The van der Waals surface area contributed by atoms with Crippen molar-refractivity contribution in [3.8, 4) is 11.1 Å². The van der Waals surface area contributed by atoms with Gasteiger partial charge in [0.05, 0.1) is 0 Å². The summed E-state index contributed by atoms with van der Waals surface area (Å²) in [5.41, 5.74) is 8.17. The van der Waals surface area contributed by atoms with E-state index >= 15 is 0 Å². The minimum atomic E-state index is 0.0942. The Bertz CT molecular complexity index is 1750. The van der Waals surface area contributed by atoms with Gasteiger partial charge in [-0.25, -0.2) is 0 Å². The largest absolute Gasteiger partial charge is 0.289 e. The molecular weight excluding hydrogens is 412 g/mol. The van der Waals surface area contributed by atoms with Crippen LogP contribution in [0, 0.1) is 0 Å². The molecule has 0 atom stereocenters. The van der Waals surface area contributed by atoms with Crippen molar-refractivity contribution in [3.63, 3.8) is 0 Å². The fraction of sp³-hybridized carbons (Fsp3) is 0. The summed E-state index contributed by atoms with van der Waals surface area (Å²) < 4.78 is 0. The molecule has 0 aromatic heterocycles. The fourth-order valence-electron chi connectivity index (χ4n) is 5.38. The molecule has 34 heavy (non-hydrogen) atoms. The van der Waals surface area contributed by atoms with Crippen LogP contribution in [-0.2, 0) is 4.79 Å². The molecule has 0 saturated carbocycles. The molecule has 0 amide bonds. The summed E-state index contributed by atoms with van der Waals surface area (Å²) in [6.07, 6.45) is 6.16. The lowest BCUT2D eigenvalue weighted by molar-refractivity contribution is -0.110. The van der Waals surface area contributed by atoms with Crippen molar-refractivity contribution in [2.75, 3.05) is 0 Å². The monoisotopic (exact) mass is 432 g/mol. The number of carbonyl (C=O) groups excluding carboxylic acids is 1. The van der Waals surface area contributed by atoms with Crippen molar-refractivity contribution >= 4 is 44.6 Å². The molecule has 1 heteroatoms. The molecule has 0 saturated heterocycles. The molecule has 0 radical (unpaired) electrons. The zero-order valence-electron chi connectivity index (χ0n) is 18.5. The first kappa shape index (κ1) is 19.0. The summed E-state index contributed by atoms with van der Waals surface area (Å²) in [5, 5.41) is 4.72. The highest BCUT2D eigenvalue weighted by atomic mass is 16.1. The van der Waals surface area contributed by atoms with Crippen molar-refractivity contribution < 1.29 is 4.79 Å². The number of hydrogen-bond acceptors (Lipinski definition) is 1. The summed E-state index contributed by atoms with van der Waals surface area (Å²) in [6.45, 7) is 0. The lowest BCUT2D eigenvalue weighted by Crippen LogP contribution is -2.09. The van der Waals surface area contributed by atoms with Gasteiger partial charge in [0.15, 0.2) is 5.78 Å². The normalized spacial score (nSPS) is 14.5. The van der Waals surface area contributed by atoms with Gasteiger partial charge in [-0.15, -0.1) is 0 Å². The maximum atomic E-state index is 13.7. The van der Waals surface area contributed by atoms with Crippen LogP contribution >= 0.6 is 0 Å². The zero-order chi connectivity index (χ0) is 22.6. The van der Waals surface area contributed by atoms with Gasteiger partial charge in [-0.3, -0.25) is 4.79 Å². The predicted molar refractivity (Wildman–Crippen MR) is 142 cm³/mol. The molecule has 5 aromatic carbocycles. The van der Waals surface area contributed by atoms with E-state index in [2.05, 4.69) is 91.0 Å². The number of hydrogen-bond donors (Lipinski definition) is 0. The Morgan fingerprint density at radius 3 is 1.85 bits per heavy atom. The lowest BCUT2D eigenvalue weighted by Gasteiger charge is -2.16. The molecule has 5 aromatic rings. The molecule has 1 nitrogen and oxygen atoms in total. The maximum Gasteiger partial charge on any atom is 0.194 e. The highest BCUT2D eigenvalue weighted by Crippen LogP contribution is 2.43. The van der Waals surface area contributed by atoms with Gasteiger partial charge >= 0.3 is 0 Å². The Balaban J connectivity index is 1.33. The van der Waals surface area contributed by atoms with Crippen LogP contribution in [0.15, 0.2) is 121 Å². The second kappa shape index (κ2) is 7.26. The number of allylic oxidation sites excluding steroid dienone is 5. The molecule has 7 rings (SSSR count). The van der Waals surface area contributed by atoms with E-state index in [4.69, 9.17) is 0 Å². The molecule has 2 aliphatic rings. The summed E-state index contributed by atoms with van der Waals surface area (Å²) in [6, 6.07) is 35.8. The molecule has 0 N–H and O–H groups in total. The summed E-state index contributed by atoms with van der Waals surface area (Å²) in [5.74, 6) is 0.0942. The van der Waals surface area contributed by atoms with Crippen LogP contribution in [-0.4, -0.2) is 5.78 Å². The Labute approximate surface area is 198 Å². The topological polar surface area (TPSA) is 17.1 Å². The molecule has 0 aliphatic heterocycles. The zero-order valence-corrected chi connectivity index (χ0v) is 18.5. The first-order valence-electron chi connectivity index (χ1n) is 11.6. The van der Waals surface area contributed by atoms with Crippen molar-refractivity contribution in [1.82, 2.24) is 0 Å². The predicted octanol–water partition coefficient (Wildman–Crippen LogP) is 8.11. The van der Waals surface area contributed by atoms with E-state index in [0.29, 0.717) is 0 Å². The number of carbonyl (C=O) groups is 1. The second-order valence-corrected chi connectivity index (χ2v) is 8.90. The summed E-state index contributed by atoms with van der Waals surface area (Å²) in [7, 11) is 0. The van der Waals surface area contributed by atoms with Crippen molar-refractivity contribution in [2.24, 2.45) is 0 Å². The van der Waals surface area contributed by atoms with Gasteiger partial charge < -0.3 is 0 Å². The lowest BCUT2D eigenvalue weighted by atomic mass is 9.86. The quantitative estimate of drug-likeness (QED) is 0.275. The van der Waals surface area contributed by atoms with E-state index in [0.717, 1.165) is 44.2 Å². The maximum absolute atomic E-state index is 13.7. The third kappa shape index (κ3) is 2.77. The average Bonchev–Trinajstić information content (AvgIpc) is 3.27. The molecule has 158 valence electrons. The molecule has 0 fully saturated rings. The van der Waals surface area contributed by atoms with Crippen LogP contribution in [0.25, 0.3) is 49.9 Å². The molecule has 0 unspecified atom stereocenters. The van der Waals surface area contributed by atoms with Crippen molar-refractivity contribution in [1.29, 1.82) is 0 Å². The first-order chi connectivity index (χ1) is 16.8. The van der Waals surface area contributed by atoms with E-state index in [1.807, 2.05) is 30.3 Å². The highest BCUT2D eigenvalue weighted by molar-refractivity contribution is 6.39. The minimum absolute atomic E-state index is 0.0942. The first-order valence-corrected chi connectivity index (χ1v) is 11.6. The van der Waals surface area contributed by atoms with Crippen LogP contribution < -0.4 is 0 Å². The molecule has 2 aliphatic carbocycles. The van der Waals surface area contributed by atoms with Gasteiger partial charge in [0, 0.05) is 11.1 Å². The molecule has 0 heterocycles. The van der Waals surface area contributed by atoms with Crippen LogP contribution in [0.3, 0.4) is 0 Å². The van der Waals surface area contributed by atoms with Crippen LogP contribution in [0.5, 0.6) is 0 Å². The van der Waals surface area contributed by atoms with E-state index in [9.17, 15) is 4.79 Å². The summed E-state index contributed by atoms with van der Waals surface area (Å²) in [4.78, 5) is 13.7. The standard InChI is InChI=1S/C33H20O/c34-33-31(29-14-6-10-22-8-2-4-12-26(22)29)18-17-30-28-16-15-23(19-24(28)20-32(30)33)27-13-5-9-21-7-1-3-11-25(21)27/h1-20H. The third-order valence-corrected chi connectivity index (χ3v) is 7.02. The van der Waals surface area contributed by atoms with Crippen LogP contribution in [0.1, 0.15) is 16.7 Å². The number of fused-ring (bicyclic) bond motifs is 5. The highest BCUT2D eigenvalue weighted by Gasteiger charge is 2.29. The van der Waals surface area contributed by atoms with E-state index in [1.54, 1.807) is 0 Å². The molecular formula is C33H20O. The fourth-order valence-corrected chi connectivity index (χ4v) is 5.38. The Morgan fingerprint density at radius 2 is 1.09 bits per heavy atom. The van der Waals surface area contributed by atoms with Crippen molar-refractivity contribution in [2.45, 2.75) is 0 Å². The third-order valence-electron chi connectivity index (χ3n) is 7.02. The molecule has 0 spiro atoms. The van der Waals surface area contributed by atoms with Crippen LogP contribution in [0.4, 0.5) is 0 Å². The minimum Gasteiger partial charge on any atom is -0.289 e. The number of Topliss-reactive ketones (excluding diaryl/α,β-unsaturated/α-hetero) is 1. The smallest absolute Gasteiger partial charge is 0.194 e. The Hall–Kier alpha value is -4.49. The van der Waals surface area contributed by atoms with Gasteiger partial charge in [-0.1, -0.05) is 103 Å². The Morgan fingerprint density at radius 1 is 0.471 bits per heavy atom. The molecule has 0 bridgehead atoms. The van der Waals surface area contributed by atoms with E-state index in [1.165, 1.54) is 21.9 Å². The summed E-state index contributed by atoms with van der Waals surface area (Å²) >= 11 is 0. The SMILES string of the molecule is O=C1C2=Cc3cc(-c4cccc5ccccc45)ccc3C2=CC=C1c1cccc2ccccc12. The second-order valence-electron chi connectivity index (χ2n) is 8.90. The number of ketones is 1. The van der Waals surface area contributed by atoms with Crippen LogP contribution in [0.2, 0.25) is 0 Å². The van der Waals surface area contributed by atoms with E-state index < -0.39 is 0 Å². The van der Waals surface area contributed by atoms with Gasteiger partial charge in [0.1, 0.15) is 0 Å². The Kier molecular flexibility index (Phi) is 4.06. The van der Waals surface area contributed by atoms with E-state index in [-0.39, 0.29) is 5.78 Å². The van der Waals surface area contributed by atoms with Gasteiger partial charge in [0.2, 0.25) is 0 Å².